The van der Waals surface area contributed by atoms with E-state index in [9.17, 15) is 18.0 Å². The van der Waals surface area contributed by atoms with Crippen LogP contribution in [0.4, 0.5) is 0 Å². The van der Waals surface area contributed by atoms with Crippen LogP contribution in [0.5, 0.6) is 5.75 Å². The van der Waals surface area contributed by atoms with E-state index in [0.29, 0.717) is 48.6 Å². The summed E-state index contributed by atoms with van der Waals surface area (Å²) in [5.74, 6) is 0.698. The van der Waals surface area contributed by atoms with Gasteiger partial charge in [-0.25, -0.2) is 8.42 Å². The number of likely N-dealkylation sites (tertiary alicyclic amines) is 1. The Bertz CT molecular complexity index is 1630. The summed E-state index contributed by atoms with van der Waals surface area (Å²) < 4.78 is 30.6. The molecule has 2 N–H and O–H groups in total. The Hall–Kier alpha value is -3.56. The van der Waals surface area contributed by atoms with E-state index in [1.54, 1.807) is 43.5 Å². The number of carbonyl (C=O) groups is 2. The first-order chi connectivity index (χ1) is 21.0. The Balaban J connectivity index is 1.29. The van der Waals surface area contributed by atoms with Crippen molar-refractivity contribution in [3.8, 4) is 5.75 Å². The third-order valence-corrected chi connectivity index (χ3v) is 10.1. The molecule has 0 atom stereocenters. The van der Waals surface area contributed by atoms with Crippen molar-refractivity contribution >= 4 is 33.3 Å². The Morgan fingerprint density at radius 2 is 1.82 bits per heavy atom. The molecule has 0 bridgehead atoms. The van der Waals surface area contributed by atoms with Gasteiger partial charge in [-0.15, -0.1) is 0 Å². The number of hydrogen-bond acceptors (Lipinski definition) is 6. The lowest BCUT2D eigenvalue weighted by Crippen LogP contribution is -2.40. The normalized spacial score (nSPS) is 18.9. The van der Waals surface area contributed by atoms with Gasteiger partial charge in [-0.05, 0) is 98.9 Å². The summed E-state index contributed by atoms with van der Waals surface area (Å²) in [6.45, 7) is 3.41. The summed E-state index contributed by atoms with van der Waals surface area (Å²) in [7, 11) is -1.87. The molecule has 1 heterocycles. The summed E-state index contributed by atoms with van der Waals surface area (Å²) in [4.78, 5) is 28.9. The summed E-state index contributed by atoms with van der Waals surface area (Å²) in [6.07, 6.45) is 9.60. The number of ether oxygens (including phenoxy) is 1. The second-order valence-corrected chi connectivity index (χ2v) is 14.5. The lowest BCUT2D eigenvalue weighted by Gasteiger charge is -2.37. The number of nitrogens with zero attached hydrogens (tertiary/aromatic N) is 1. The van der Waals surface area contributed by atoms with Crippen LogP contribution >= 0.6 is 11.6 Å². The molecule has 10 heteroatoms. The van der Waals surface area contributed by atoms with Crippen LogP contribution in [0.3, 0.4) is 0 Å². The third kappa shape index (κ3) is 7.56. The summed E-state index contributed by atoms with van der Waals surface area (Å²) >= 11 is 6.13. The highest BCUT2D eigenvalue weighted by Gasteiger charge is 2.46. The van der Waals surface area contributed by atoms with Gasteiger partial charge in [0.1, 0.15) is 5.75 Å². The van der Waals surface area contributed by atoms with E-state index in [-0.39, 0.29) is 28.2 Å². The minimum atomic E-state index is -3.51. The van der Waals surface area contributed by atoms with Gasteiger partial charge in [0, 0.05) is 36.4 Å². The lowest BCUT2D eigenvalue weighted by atomic mass is 9.91. The lowest BCUT2D eigenvalue weighted by molar-refractivity contribution is -0.123. The van der Waals surface area contributed by atoms with Gasteiger partial charge in [0.25, 0.3) is 5.91 Å². The number of nitrogens with one attached hydrogen (secondary N) is 2. The fourth-order valence-electron chi connectivity index (χ4n) is 6.14. The number of rotatable bonds is 9. The number of amides is 2. The maximum atomic E-state index is 13.3. The molecule has 2 aromatic rings. The predicted octanol–water partition coefficient (Wildman–Crippen LogP) is 5.87. The number of halogens is 1. The molecule has 234 valence electrons. The Morgan fingerprint density at radius 3 is 2.48 bits per heavy atom. The van der Waals surface area contributed by atoms with E-state index in [1.807, 2.05) is 31.2 Å². The van der Waals surface area contributed by atoms with Crippen molar-refractivity contribution in [3.63, 3.8) is 0 Å². The zero-order valence-corrected chi connectivity index (χ0v) is 27.1. The molecule has 3 aliphatic rings. The topological polar surface area (TPSA) is 105 Å². The molecule has 0 aromatic heterocycles. The van der Waals surface area contributed by atoms with Gasteiger partial charge in [0.2, 0.25) is 5.91 Å². The van der Waals surface area contributed by atoms with Gasteiger partial charge in [0.05, 0.1) is 28.9 Å². The fourth-order valence-corrected chi connectivity index (χ4v) is 7.08. The zero-order chi connectivity index (χ0) is 31.5. The molecular formula is C34H40ClN3O5S. The van der Waals surface area contributed by atoms with Crippen LogP contribution in [0, 0.1) is 5.92 Å². The monoisotopic (exact) mass is 637 g/mol. The highest BCUT2D eigenvalue weighted by Crippen LogP contribution is 2.46. The number of allylic oxidation sites excluding steroid dienone is 3. The smallest absolute Gasteiger partial charge is 0.255 e. The number of carbonyl (C=O) groups excluding carboxylic acids is 2. The van der Waals surface area contributed by atoms with Crippen molar-refractivity contribution in [1.29, 1.82) is 0 Å². The average molecular weight is 638 g/mol. The van der Waals surface area contributed by atoms with Crippen molar-refractivity contribution in [2.75, 3.05) is 26.5 Å². The summed E-state index contributed by atoms with van der Waals surface area (Å²) in [5.41, 5.74) is 3.51. The first-order valence-corrected chi connectivity index (χ1v) is 17.3. The molecule has 0 spiro atoms. The molecule has 2 fully saturated rings. The van der Waals surface area contributed by atoms with Crippen molar-refractivity contribution in [2.45, 2.75) is 57.4 Å². The highest BCUT2D eigenvalue weighted by molar-refractivity contribution is 7.94. The summed E-state index contributed by atoms with van der Waals surface area (Å²) in [6, 6.07) is 14.6. The second kappa shape index (κ2) is 13.2. The number of hydrogen-bond donors (Lipinski definition) is 2. The van der Waals surface area contributed by atoms with Crippen LogP contribution in [0.15, 0.2) is 82.6 Å². The molecule has 2 aliphatic carbocycles. The van der Waals surface area contributed by atoms with Crippen molar-refractivity contribution in [2.24, 2.45) is 5.92 Å². The molecule has 0 radical (unpaired) electrons. The van der Waals surface area contributed by atoms with E-state index < -0.39 is 9.84 Å². The van der Waals surface area contributed by atoms with Crippen LogP contribution in [-0.4, -0.2) is 51.6 Å². The first-order valence-electron chi connectivity index (χ1n) is 15.1. The van der Waals surface area contributed by atoms with Crippen LogP contribution < -0.4 is 15.4 Å². The Kier molecular flexibility index (Phi) is 9.56. The molecule has 1 aliphatic heterocycles. The standard InChI is InChI=1S/C34H40ClN3O5S/c1-23-7-4-12-29(44(3,41)42)22-30(36-33(40)25-8-5-10-27(35)20-25)32(23)38-17-13-24(14-18-38)19-31(39)37-34(15-16-34)26-9-6-11-28(21-26)43-2/h5-6,8-12,20-22,24H,4,7,13-19H2,1-3H3,(H,36,40)(H,37,39). The quantitative estimate of drug-likeness (QED) is 0.357. The minimum absolute atomic E-state index is 0.0578. The van der Waals surface area contributed by atoms with E-state index in [0.717, 1.165) is 48.3 Å². The number of piperidine rings is 1. The molecule has 1 saturated heterocycles. The average Bonchev–Trinajstić information content (AvgIpc) is 3.76. The van der Waals surface area contributed by atoms with Gasteiger partial charge in [0.15, 0.2) is 9.84 Å². The van der Waals surface area contributed by atoms with Crippen LogP contribution in [-0.2, 0) is 20.2 Å². The van der Waals surface area contributed by atoms with E-state index in [1.165, 1.54) is 6.26 Å². The zero-order valence-electron chi connectivity index (χ0n) is 25.5. The molecule has 5 rings (SSSR count). The highest BCUT2D eigenvalue weighted by atomic mass is 35.5. The molecule has 2 amide bonds. The molecule has 8 nitrogen and oxygen atoms in total. The van der Waals surface area contributed by atoms with Gasteiger partial charge < -0.3 is 20.3 Å². The first kappa shape index (κ1) is 31.9. The van der Waals surface area contributed by atoms with Gasteiger partial charge in [-0.1, -0.05) is 35.9 Å². The van der Waals surface area contributed by atoms with Crippen LogP contribution in [0.1, 0.15) is 67.8 Å². The van der Waals surface area contributed by atoms with Crippen LogP contribution in [0.25, 0.3) is 0 Å². The number of sulfone groups is 1. The van der Waals surface area contributed by atoms with Crippen LogP contribution in [0.2, 0.25) is 5.02 Å². The van der Waals surface area contributed by atoms with Gasteiger partial charge in [-0.2, -0.15) is 0 Å². The Labute approximate surface area is 265 Å². The molecular weight excluding hydrogens is 598 g/mol. The third-order valence-electron chi connectivity index (χ3n) is 8.73. The maximum Gasteiger partial charge on any atom is 0.255 e. The van der Waals surface area contributed by atoms with Crippen molar-refractivity contribution in [1.82, 2.24) is 15.5 Å². The number of benzene rings is 2. The summed E-state index contributed by atoms with van der Waals surface area (Å²) in [5, 5.41) is 6.74. The molecule has 0 unspecified atom stereocenters. The van der Waals surface area contributed by atoms with E-state index in [2.05, 4.69) is 15.5 Å². The Morgan fingerprint density at radius 1 is 1.09 bits per heavy atom. The SMILES string of the molecule is COc1cccc(C2(NC(=O)CC3CCN(C4=C(C)CCC=C(S(C)(=O)=O)C=C4NC(=O)c4cccc(Cl)c4)CC3)CC2)c1. The van der Waals surface area contributed by atoms with Gasteiger partial charge in [-0.3, -0.25) is 9.59 Å². The van der Waals surface area contributed by atoms with Crippen molar-refractivity contribution < 1.29 is 22.7 Å². The second-order valence-electron chi connectivity index (χ2n) is 12.1. The molecule has 2 aromatic carbocycles. The van der Waals surface area contributed by atoms with E-state index in [4.69, 9.17) is 16.3 Å². The van der Waals surface area contributed by atoms with E-state index >= 15 is 0 Å². The maximum absolute atomic E-state index is 13.3. The number of methoxy groups -OCH3 is 1. The van der Waals surface area contributed by atoms with Gasteiger partial charge >= 0.3 is 0 Å². The van der Waals surface area contributed by atoms with Crippen molar-refractivity contribution in [3.05, 3.63) is 98.7 Å². The largest absolute Gasteiger partial charge is 0.497 e. The predicted molar refractivity (Wildman–Crippen MR) is 173 cm³/mol. The molecule has 1 saturated carbocycles. The minimum Gasteiger partial charge on any atom is -0.497 e. The molecule has 44 heavy (non-hydrogen) atoms. The fraction of sp³-hybridized carbons (Fsp3) is 0.412.